The Morgan fingerprint density at radius 3 is 2.13 bits per heavy atom. The number of amides is 1. The molecule has 0 aliphatic carbocycles. The Kier molecular flexibility index (Phi) is 7.23. The van der Waals surface area contributed by atoms with Gasteiger partial charge in [0.15, 0.2) is 0 Å². The summed E-state index contributed by atoms with van der Waals surface area (Å²) in [6.45, 7) is 1.30. The van der Waals surface area contributed by atoms with Crippen LogP contribution in [0.5, 0.6) is 0 Å². The molecule has 0 aliphatic heterocycles. The highest BCUT2D eigenvalue weighted by Crippen LogP contribution is 2.00. The summed E-state index contributed by atoms with van der Waals surface area (Å²) in [5.41, 5.74) is -1.33. The first kappa shape index (κ1) is 14.3. The number of rotatable bonds is 8. The van der Waals surface area contributed by atoms with E-state index >= 15 is 0 Å². The molecule has 0 radical (unpaired) electrons. The number of aliphatic hydroxyl groups excluding tert-OH is 3. The predicted molar refractivity (Wildman–Crippen MR) is 55.3 cm³/mol. The van der Waals surface area contributed by atoms with Crippen LogP contribution in [0.25, 0.3) is 0 Å². The first-order valence-corrected chi connectivity index (χ1v) is 4.98. The lowest BCUT2D eigenvalue weighted by Gasteiger charge is -2.28. The summed E-state index contributed by atoms with van der Waals surface area (Å²) < 4.78 is 0. The van der Waals surface area contributed by atoms with Crippen LogP contribution in [0.2, 0.25) is 0 Å². The van der Waals surface area contributed by atoms with Gasteiger partial charge in [0.2, 0.25) is 5.91 Å². The zero-order valence-electron chi connectivity index (χ0n) is 8.99. The van der Waals surface area contributed by atoms with Gasteiger partial charge in [0.1, 0.15) is 5.54 Å². The maximum atomic E-state index is 11.3. The lowest BCUT2D eigenvalue weighted by molar-refractivity contribution is -0.124. The van der Waals surface area contributed by atoms with Crippen LogP contribution in [0.15, 0.2) is 0 Å². The lowest BCUT2D eigenvalue weighted by atomic mass is 10.0. The van der Waals surface area contributed by atoms with Gasteiger partial charge in [-0.05, 0) is 13.0 Å². The van der Waals surface area contributed by atoms with E-state index in [9.17, 15) is 4.79 Å². The standard InChI is InChI=1S/C9H20N2O4/c1-2-3-10-4-8(15)11-9(5-12,6-13)7-14/h10,12-14H,2-7H2,1H3,(H,11,15). The molecule has 0 aromatic rings. The zero-order chi connectivity index (χ0) is 11.7. The lowest BCUT2D eigenvalue weighted by Crippen LogP contribution is -2.58. The summed E-state index contributed by atoms with van der Waals surface area (Å²) in [7, 11) is 0. The van der Waals surface area contributed by atoms with Gasteiger partial charge in [-0.1, -0.05) is 6.92 Å². The monoisotopic (exact) mass is 220 g/mol. The molecule has 0 aromatic heterocycles. The topological polar surface area (TPSA) is 102 Å². The Bertz CT molecular complexity index is 175. The van der Waals surface area contributed by atoms with Crippen molar-refractivity contribution in [3.63, 3.8) is 0 Å². The second-order valence-corrected chi connectivity index (χ2v) is 3.48. The Labute approximate surface area is 89.3 Å². The molecular weight excluding hydrogens is 200 g/mol. The fourth-order valence-electron chi connectivity index (χ4n) is 0.987. The van der Waals surface area contributed by atoms with E-state index < -0.39 is 25.4 Å². The van der Waals surface area contributed by atoms with Crippen LogP contribution in [0.3, 0.4) is 0 Å². The normalized spacial score (nSPS) is 11.5. The maximum absolute atomic E-state index is 11.3. The highest BCUT2D eigenvalue weighted by Gasteiger charge is 2.29. The Balaban J connectivity index is 4.00. The number of hydrogen-bond donors (Lipinski definition) is 5. The minimum absolute atomic E-state index is 0.107. The van der Waals surface area contributed by atoms with E-state index in [0.717, 1.165) is 13.0 Å². The van der Waals surface area contributed by atoms with Crippen LogP contribution in [0.1, 0.15) is 13.3 Å². The number of nitrogens with one attached hydrogen (secondary N) is 2. The molecule has 0 aliphatic rings. The summed E-state index contributed by atoms with van der Waals surface area (Å²) >= 11 is 0. The molecule has 5 N–H and O–H groups in total. The van der Waals surface area contributed by atoms with Crippen LogP contribution in [-0.4, -0.2) is 59.7 Å². The van der Waals surface area contributed by atoms with Gasteiger partial charge in [0.25, 0.3) is 0 Å². The molecule has 0 atom stereocenters. The molecule has 0 saturated carbocycles. The molecule has 0 spiro atoms. The Hall–Kier alpha value is -0.690. The molecule has 90 valence electrons. The molecule has 0 aromatic carbocycles. The van der Waals surface area contributed by atoms with Crippen LogP contribution < -0.4 is 10.6 Å². The smallest absolute Gasteiger partial charge is 0.234 e. The molecule has 1 amide bonds. The van der Waals surface area contributed by atoms with Crippen molar-refractivity contribution < 1.29 is 20.1 Å². The molecule has 0 unspecified atom stereocenters. The highest BCUT2D eigenvalue weighted by molar-refractivity contribution is 5.78. The van der Waals surface area contributed by atoms with Gasteiger partial charge in [0.05, 0.1) is 26.4 Å². The van der Waals surface area contributed by atoms with E-state index in [0.29, 0.717) is 0 Å². The SMILES string of the molecule is CCCNCC(=O)NC(CO)(CO)CO. The molecule has 6 nitrogen and oxygen atoms in total. The molecule has 0 fully saturated rings. The van der Waals surface area contributed by atoms with Crippen molar-refractivity contribution in [3.8, 4) is 0 Å². The minimum atomic E-state index is -1.33. The Morgan fingerprint density at radius 2 is 1.73 bits per heavy atom. The van der Waals surface area contributed by atoms with Crippen molar-refractivity contribution in [1.82, 2.24) is 10.6 Å². The molecule has 0 bridgehead atoms. The first-order valence-electron chi connectivity index (χ1n) is 4.98. The largest absolute Gasteiger partial charge is 0.394 e. The van der Waals surface area contributed by atoms with E-state index in [1.54, 1.807) is 0 Å². The minimum Gasteiger partial charge on any atom is -0.394 e. The molecular formula is C9H20N2O4. The highest BCUT2D eigenvalue weighted by atomic mass is 16.3. The average Bonchev–Trinajstić information content (AvgIpc) is 2.26. The summed E-state index contributed by atoms with van der Waals surface area (Å²) in [5, 5.41) is 32.1. The van der Waals surface area contributed by atoms with E-state index in [-0.39, 0.29) is 12.5 Å². The number of hydrogen-bond acceptors (Lipinski definition) is 5. The van der Waals surface area contributed by atoms with Gasteiger partial charge in [0, 0.05) is 0 Å². The van der Waals surface area contributed by atoms with Crippen LogP contribution in [-0.2, 0) is 4.79 Å². The fraction of sp³-hybridized carbons (Fsp3) is 0.889. The van der Waals surface area contributed by atoms with Gasteiger partial charge in [-0.15, -0.1) is 0 Å². The summed E-state index contributed by atoms with van der Waals surface area (Å²) in [6, 6.07) is 0. The van der Waals surface area contributed by atoms with E-state index in [4.69, 9.17) is 15.3 Å². The molecule has 15 heavy (non-hydrogen) atoms. The quantitative estimate of drug-likeness (QED) is 0.299. The number of carbonyl (C=O) groups excluding carboxylic acids is 1. The van der Waals surface area contributed by atoms with Crippen molar-refractivity contribution in [3.05, 3.63) is 0 Å². The van der Waals surface area contributed by atoms with Crippen molar-refractivity contribution in [1.29, 1.82) is 0 Å². The van der Waals surface area contributed by atoms with E-state index in [1.807, 2.05) is 6.92 Å². The summed E-state index contributed by atoms with van der Waals surface area (Å²) in [6.07, 6.45) is 0.915. The van der Waals surface area contributed by atoms with Crippen LogP contribution in [0.4, 0.5) is 0 Å². The van der Waals surface area contributed by atoms with Crippen molar-refractivity contribution >= 4 is 5.91 Å². The molecule has 6 heteroatoms. The molecule has 0 rings (SSSR count). The van der Waals surface area contributed by atoms with Crippen LogP contribution >= 0.6 is 0 Å². The van der Waals surface area contributed by atoms with Gasteiger partial charge < -0.3 is 26.0 Å². The number of aliphatic hydroxyl groups is 3. The third-order valence-corrected chi connectivity index (χ3v) is 2.02. The van der Waals surface area contributed by atoms with Gasteiger partial charge in [-0.2, -0.15) is 0 Å². The maximum Gasteiger partial charge on any atom is 0.234 e. The second-order valence-electron chi connectivity index (χ2n) is 3.48. The fourth-order valence-corrected chi connectivity index (χ4v) is 0.987. The van der Waals surface area contributed by atoms with Crippen molar-refractivity contribution in [2.24, 2.45) is 0 Å². The van der Waals surface area contributed by atoms with Crippen molar-refractivity contribution in [2.45, 2.75) is 18.9 Å². The second kappa shape index (κ2) is 7.58. The van der Waals surface area contributed by atoms with E-state index in [2.05, 4.69) is 10.6 Å². The van der Waals surface area contributed by atoms with Gasteiger partial charge >= 0.3 is 0 Å². The third-order valence-electron chi connectivity index (χ3n) is 2.02. The van der Waals surface area contributed by atoms with Crippen molar-refractivity contribution in [2.75, 3.05) is 32.9 Å². The van der Waals surface area contributed by atoms with Crippen LogP contribution in [0, 0.1) is 0 Å². The zero-order valence-corrected chi connectivity index (χ0v) is 8.99. The van der Waals surface area contributed by atoms with Gasteiger partial charge in [-0.25, -0.2) is 0 Å². The summed E-state index contributed by atoms with van der Waals surface area (Å²) in [4.78, 5) is 11.3. The molecule has 0 heterocycles. The Morgan fingerprint density at radius 1 is 1.20 bits per heavy atom. The average molecular weight is 220 g/mol. The molecule has 0 saturated heterocycles. The third kappa shape index (κ3) is 5.08. The van der Waals surface area contributed by atoms with E-state index in [1.165, 1.54) is 0 Å². The predicted octanol–water partition coefficient (Wildman–Crippen LogP) is -2.18. The number of carbonyl (C=O) groups is 1. The van der Waals surface area contributed by atoms with Gasteiger partial charge in [-0.3, -0.25) is 4.79 Å². The summed E-state index contributed by atoms with van der Waals surface area (Å²) in [5.74, 6) is -0.361. The first-order chi connectivity index (χ1) is 7.14.